The van der Waals surface area contributed by atoms with Gasteiger partial charge in [-0.3, -0.25) is 10.9 Å². The highest BCUT2D eigenvalue weighted by molar-refractivity contribution is 5.66. The Balaban J connectivity index is 2.21. The molecule has 5 nitrogen and oxygen atoms in total. The van der Waals surface area contributed by atoms with Crippen LogP contribution in [0.4, 0.5) is 11.4 Å². The van der Waals surface area contributed by atoms with Crippen LogP contribution in [-0.4, -0.2) is 21.3 Å². The summed E-state index contributed by atoms with van der Waals surface area (Å²) in [7, 11) is 4.89. The summed E-state index contributed by atoms with van der Waals surface area (Å²) in [5, 5.41) is 0. The lowest BCUT2D eigenvalue weighted by Gasteiger charge is -2.16. The molecule has 2 rings (SSSR count). The van der Waals surface area contributed by atoms with Crippen molar-refractivity contribution in [2.75, 3.05) is 32.2 Å². The van der Waals surface area contributed by atoms with E-state index in [1.807, 2.05) is 43.3 Å². The normalized spacial score (nSPS) is 9.90. The number of benzene rings is 2. The molecule has 2 aromatic carbocycles. The van der Waals surface area contributed by atoms with Crippen LogP contribution >= 0.6 is 0 Å². The highest BCUT2D eigenvalue weighted by atomic mass is 16.5. The average molecular weight is 288 g/mol. The lowest BCUT2D eigenvalue weighted by atomic mass is 10.2. The van der Waals surface area contributed by atoms with E-state index in [9.17, 15) is 0 Å². The fourth-order valence-corrected chi connectivity index (χ4v) is 1.97. The summed E-state index contributed by atoms with van der Waals surface area (Å²) in [4.78, 5) is 0. The molecule has 2 aromatic rings. The van der Waals surface area contributed by atoms with Crippen LogP contribution < -0.4 is 25.1 Å². The van der Waals surface area contributed by atoms with Gasteiger partial charge < -0.3 is 14.2 Å². The summed E-state index contributed by atoms with van der Waals surface area (Å²) in [5.74, 6) is 2.22. The Bertz CT molecular complexity index is 614. The molecular formula is C16H20N2O3. The van der Waals surface area contributed by atoms with Gasteiger partial charge in [0.1, 0.15) is 17.2 Å². The molecule has 0 amide bonds. The Hall–Kier alpha value is -2.56. The van der Waals surface area contributed by atoms with E-state index < -0.39 is 0 Å². The van der Waals surface area contributed by atoms with Crippen molar-refractivity contribution < 1.29 is 14.2 Å². The zero-order valence-corrected chi connectivity index (χ0v) is 12.7. The van der Waals surface area contributed by atoms with Crippen molar-refractivity contribution >= 4 is 11.4 Å². The first-order valence-corrected chi connectivity index (χ1v) is 6.56. The Morgan fingerprint density at radius 2 is 1.29 bits per heavy atom. The third kappa shape index (κ3) is 3.51. The summed E-state index contributed by atoms with van der Waals surface area (Å²) in [5.41, 5.74) is 9.02. The van der Waals surface area contributed by atoms with Crippen LogP contribution in [0.2, 0.25) is 0 Å². The van der Waals surface area contributed by atoms with E-state index in [0.717, 1.165) is 34.2 Å². The van der Waals surface area contributed by atoms with Crippen LogP contribution in [0, 0.1) is 6.92 Å². The summed E-state index contributed by atoms with van der Waals surface area (Å²) in [6.45, 7) is 2.02. The lowest BCUT2D eigenvalue weighted by molar-refractivity contribution is 0.404. The van der Waals surface area contributed by atoms with Crippen LogP contribution in [0.15, 0.2) is 36.4 Å². The van der Waals surface area contributed by atoms with Gasteiger partial charge in [-0.2, -0.15) is 0 Å². The van der Waals surface area contributed by atoms with Gasteiger partial charge in [0.05, 0.1) is 32.7 Å². The molecule has 0 bridgehead atoms. The molecule has 0 heterocycles. The smallest absolute Gasteiger partial charge is 0.144 e. The van der Waals surface area contributed by atoms with Crippen molar-refractivity contribution in [2.45, 2.75) is 6.92 Å². The molecule has 0 aliphatic heterocycles. The van der Waals surface area contributed by atoms with Gasteiger partial charge in [-0.05, 0) is 36.8 Å². The number of rotatable bonds is 6. The second kappa shape index (κ2) is 6.74. The van der Waals surface area contributed by atoms with Gasteiger partial charge in [0.15, 0.2) is 0 Å². The first-order chi connectivity index (χ1) is 10.2. The Kier molecular flexibility index (Phi) is 4.77. The Labute approximate surface area is 124 Å². The lowest BCUT2D eigenvalue weighted by Crippen LogP contribution is -2.11. The molecule has 0 aliphatic carbocycles. The molecule has 0 atom stereocenters. The number of methoxy groups -OCH3 is 3. The Morgan fingerprint density at radius 1 is 0.714 bits per heavy atom. The minimum Gasteiger partial charge on any atom is -0.497 e. The van der Waals surface area contributed by atoms with Crippen LogP contribution in [0.3, 0.4) is 0 Å². The number of nitrogens with one attached hydrogen (secondary N) is 2. The first kappa shape index (κ1) is 14.8. The van der Waals surface area contributed by atoms with E-state index in [1.54, 1.807) is 21.3 Å². The standard InChI is InChI=1S/C16H20N2O3/c1-11-5-7-15(20-3)13(9-11)17-18-14-10-12(19-2)6-8-16(14)21-4/h5-10,17-18H,1-4H3. The van der Waals surface area contributed by atoms with E-state index in [4.69, 9.17) is 14.2 Å². The van der Waals surface area contributed by atoms with Gasteiger partial charge in [-0.15, -0.1) is 0 Å². The molecule has 5 heteroatoms. The quantitative estimate of drug-likeness (QED) is 0.797. The van der Waals surface area contributed by atoms with Gasteiger partial charge in [-0.1, -0.05) is 6.07 Å². The molecule has 0 radical (unpaired) electrons. The first-order valence-electron chi connectivity index (χ1n) is 6.56. The van der Waals surface area contributed by atoms with Crippen molar-refractivity contribution in [2.24, 2.45) is 0 Å². The molecule has 21 heavy (non-hydrogen) atoms. The van der Waals surface area contributed by atoms with Gasteiger partial charge >= 0.3 is 0 Å². The summed E-state index contributed by atoms with van der Waals surface area (Å²) in [6, 6.07) is 11.5. The van der Waals surface area contributed by atoms with Gasteiger partial charge in [-0.25, -0.2) is 0 Å². The van der Waals surface area contributed by atoms with Gasteiger partial charge in [0.25, 0.3) is 0 Å². The monoisotopic (exact) mass is 288 g/mol. The number of ether oxygens (including phenoxy) is 3. The Morgan fingerprint density at radius 3 is 1.86 bits per heavy atom. The van der Waals surface area contributed by atoms with Crippen molar-refractivity contribution in [1.29, 1.82) is 0 Å². The fraction of sp³-hybridized carbons (Fsp3) is 0.250. The SMILES string of the molecule is COc1ccc(OC)c(NNc2cc(C)ccc2OC)c1. The summed E-state index contributed by atoms with van der Waals surface area (Å²) < 4.78 is 15.9. The molecule has 0 saturated carbocycles. The number of aryl methyl sites for hydroxylation is 1. The molecule has 112 valence electrons. The van der Waals surface area contributed by atoms with E-state index in [1.165, 1.54) is 0 Å². The van der Waals surface area contributed by atoms with E-state index >= 15 is 0 Å². The average Bonchev–Trinajstić information content (AvgIpc) is 2.52. The maximum absolute atomic E-state index is 5.33. The highest BCUT2D eigenvalue weighted by Crippen LogP contribution is 2.30. The minimum absolute atomic E-state index is 0.718. The molecule has 0 aromatic heterocycles. The minimum atomic E-state index is 0.718. The molecule has 0 fully saturated rings. The van der Waals surface area contributed by atoms with Crippen molar-refractivity contribution in [1.82, 2.24) is 0 Å². The third-order valence-corrected chi connectivity index (χ3v) is 3.09. The van der Waals surface area contributed by atoms with Crippen LogP contribution in [0.5, 0.6) is 17.2 Å². The maximum atomic E-state index is 5.33. The van der Waals surface area contributed by atoms with Crippen LogP contribution in [0.25, 0.3) is 0 Å². The molecular weight excluding hydrogens is 268 g/mol. The van der Waals surface area contributed by atoms with Crippen molar-refractivity contribution in [3.8, 4) is 17.2 Å². The van der Waals surface area contributed by atoms with E-state index in [0.29, 0.717) is 0 Å². The molecule has 2 N–H and O–H groups in total. The summed E-state index contributed by atoms with van der Waals surface area (Å²) >= 11 is 0. The van der Waals surface area contributed by atoms with Gasteiger partial charge in [0, 0.05) is 6.07 Å². The zero-order chi connectivity index (χ0) is 15.2. The van der Waals surface area contributed by atoms with Gasteiger partial charge in [0.2, 0.25) is 0 Å². The predicted molar refractivity (Wildman–Crippen MR) is 84.5 cm³/mol. The largest absolute Gasteiger partial charge is 0.497 e. The molecule has 0 aliphatic rings. The third-order valence-electron chi connectivity index (χ3n) is 3.09. The number of hydrazine groups is 1. The number of anilines is 2. The van der Waals surface area contributed by atoms with E-state index in [-0.39, 0.29) is 0 Å². The fourth-order valence-electron chi connectivity index (χ4n) is 1.97. The molecule has 0 saturated heterocycles. The van der Waals surface area contributed by atoms with E-state index in [2.05, 4.69) is 10.9 Å². The van der Waals surface area contributed by atoms with Crippen LogP contribution in [-0.2, 0) is 0 Å². The van der Waals surface area contributed by atoms with Crippen molar-refractivity contribution in [3.05, 3.63) is 42.0 Å². The second-order valence-corrected chi connectivity index (χ2v) is 4.52. The number of hydrogen-bond donors (Lipinski definition) is 2. The van der Waals surface area contributed by atoms with Crippen molar-refractivity contribution in [3.63, 3.8) is 0 Å². The highest BCUT2D eigenvalue weighted by Gasteiger charge is 2.07. The summed E-state index contributed by atoms with van der Waals surface area (Å²) in [6.07, 6.45) is 0. The van der Waals surface area contributed by atoms with Crippen LogP contribution in [0.1, 0.15) is 5.56 Å². The maximum Gasteiger partial charge on any atom is 0.144 e. The second-order valence-electron chi connectivity index (χ2n) is 4.52. The topological polar surface area (TPSA) is 51.8 Å². The number of hydrogen-bond acceptors (Lipinski definition) is 5. The molecule has 0 unspecified atom stereocenters. The predicted octanol–water partition coefficient (Wildman–Crippen LogP) is 3.46. The zero-order valence-electron chi connectivity index (χ0n) is 12.7. The molecule has 0 spiro atoms.